The molecule has 6 heteroatoms. The average molecular weight is 395 g/mol. The molecule has 152 valence electrons. The summed E-state index contributed by atoms with van der Waals surface area (Å²) in [5, 5.41) is 10.1. The molecule has 0 aromatic heterocycles. The van der Waals surface area contributed by atoms with Crippen LogP contribution < -0.4 is 9.64 Å². The van der Waals surface area contributed by atoms with Crippen molar-refractivity contribution in [1.29, 1.82) is 0 Å². The third-order valence-electron chi connectivity index (χ3n) is 5.41. The second-order valence-electron chi connectivity index (χ2n) is 7.54. The quantitative estimate of drug-likeness (QED) is 0.726. The Kier molecular flexibility index (Phi) is 5.92. The molecule has 0 unspecified atom stereocenters. The summed E-state index contributed by atoms with van der Waals surface area (Å²) in [6.45, 7) is 0.386. The lowest BCUT2D eigenvalue weighted by Gasteiger charge is -2.23. The van der Waals surface area contributed by atoms with E-state index >= 15 is 0 Å². The summed E-state index contributed by atoms with van der Waals surface area (Å²) in [6, 6.07) is 13.5. The number of amides is 2. The molecule has 2 aromatic rings. The molecule has 0 radical (unpaired) electrons. The van der Waals surface area contributed by atoms with Crippen molar-refractivity contribution in [3.8, 4) is 5.75 Å². The van der Waals surface area contributed by atoms with Gasteiger partial charge in [-0.15, -0.1) is 0 Å². The Labute approximate surface area is 170 Å². The average Bonchev–Trinajstić information content (AvgIpc) is 3.02. The summed E-state index contributed by atoms with van der Waals surface area (Å²) in [6.07, 6.45) is 5.32. The van der Waals surface area contributed by atoms with E-state index in [1.165, 1.54) is 24.2 Å². The summed E-state index contributed by atoms with van der Waals surface area (Å²) >= 11 is 0. The maximum absolute atomic E-state index is 12.5. The normalized spacial score (nSPS) is 18.0. The highest BCUT2D eigenvalue weighted by Gasteiger charge is 2.36. The Morgan fingerprint density at radius 1 is 0.897 bits per heavy atom. The highest BCUT2D eigenvalue weighted by Crippen LogP contribution is 2.29. The lowest BCUT2D eigenvalue weighted by atomic mass is 9.98. The number of benzene rings is 2. The third-order valence-corrected chi connectivity index (χ3v) is 5.41. The van der Waals surface area contributed by atoms with Crippen molar-refractivity contribution >= 4 is 17.5 Å². The minimum atomic E-state index is -0.701. The molecule has 1 fully saturated rings. The van der Waals surface area contributed by atoms with E-state index in [-0.39, 0.29) is 31.1 Å². The fourth-order valence-electron chi connectivity index (χ4n) is 3.83. The van der Waals surface area contributed by atoms with Crippen molar-refractivity contribution in [2.45, 2.75) is 44.3 Å². The van der Waals surface area contributed by atoms with E-state index in [1.54, 1.807) is 48.5 Å². The molecule has 0 spiro atoms. The Morgan fingerprint density at radius 2 is 1.52 bits per heavy atom. The monoisotopic (exact) mass is 395 g/mol. The van der Waals surface area contributed by atoms with E-state index in [9.17, 15) is 14.7 Å². The maximum atomic E-state index is 12.5. The second-order valence-corrected chi connectivity index (χ2v) is 7.54. The van der Waals surface area contributed by atoms with E-state index in [2.05, 4.69) is 0 Å². The van der Waals surface area contributed by atoms with Crippen molar-refractivity contribution in [1.82, 2.24) is 0 Å². The molecule has 2 amide bonds. The lowest BCUT2D eigenvalue weighted by Crippen LogP contribution is -2.29. The molecule has 4 rings (SSSR count). The highest BCUT2D eigenvalue weighted by molar-refractivity contribution is 6.34. The van der Waals surface area contributed by atoms with E-state index < -0.39 is 6.10 Å². The number of carbonyl (C=O) groups is 2. The Morgan fingerprint density at radius 3 is 2.14 bits per heavy atom. The first kappa shape index (κ1) is 19.6. The zero-order chi connectivity index (χ0) is 20.2. The van der Waals surface area contributed by atoms with Gasteiger partial charge in [0.1, 0.15) is 18.5 Å². The molecule has 1 aliphatic carbocycles. The van der Waals surface area contributed by atoms with Crippen LogP contribution in [-0.2, 0) is 4.74 Å². The van der Waals surface area contributed by atoms with Gasteiger partial charge in [0.05, 0.1) is 29.5 Å². The molecule has 2 aromatic carbocycles. The summed E-state index contributed by atoms with van der Waals surface area (Å²) in [5.74, 6) is -0.0915. The van der Waals surface area contributed by atoms with Gasteiger partial charge in [-0.05, 0) is 49.2 Å². The number of ether oxygens (including phenoxy) is 2. The molecule has 1 heterocycles. The Hall–Kier alpha value is -2.70. The van der Waals surface area contributed by atoms with Crippen molar-refractivity contribution in [3.05, 3.63) is 59.7 Å². The first-order valence-electron chi connectivity index (χ1n) is 10.1. The number of hydrogen-bond acceptors (Lipinski definition) is 5. The lowest BCUT2D eigenvalue weighted by molar-refractivity contribution is -0.0362. The fraction of sp³-hybridized carbons (Fsp3) is 0.391. The molecule has 0 saturated heterocycles. The van der Waals surface area contributed by atoms with Crippen molar-refractivity contribution in [3.63, 3.8) is 0 Å². The van der Waals surface area contributed by atoms with Crippen molar-refractivity contribution in [2.75, 3.05) is 18.1 Å². The largest absolute Gasteiger partial charge is 0.491 e. The van der Waals surface area contributed by atoms with Crippen LogP contribution in [-0.4, -0.2) is 42.3 Å². The fourth-order valence-corrected chi connectivity index (χ4v) is 3.83. The second kappa shape index (κ2) is 8.76. The van der Waals surface area contributed by atoms with E-state index in [0.717, 1.165) is 12.8 Å². The third kappa shape index (κ3) is 4.33. The van der Waals surface area contributed by atoms with Crippen LogP contribution in [0.5, 0.6) is 5.75 Å². The number of carbonyl (C=O) groups excluding carboxylic acids is 2. The molecule has 1 aliphatic heterocycles. The topological polar surface area (TPSA) is 76.1 Å². The molecule has 1 saturated carbocycles. The van der Waals surface area contributed by atoms with Crippen molar-refractivity contribution in [2.24, 2.45) is 0 Å². The number of fused-ring (bicyclic) bond motifs is 1. The van der Waals surface area contributed by atoms with E-state index in [4.69, 9.17) is 9.47 Å². The molecule has 1 N–H and O–H groups in total. The highest BCUT2D eigenvalue weighted by atomic mass is 16.5. The summed E-state index contributed by atoms with van der Waals surface area (Å²) in [4.78, 5) is 26.2. The molecule has 1 atom stereocenters. The predicted molar refractivity (Wildman–Crippen MR) is 108 cm³/mol. The van der Waals surface area contributed by atoms with Crippen LogP contribution in [0.15, 0.2) is 48.5 Å². The zero-order valence-electron chi connectivity index (χ0n) is 16.3. The standard InChI is InChI=1S/C23H25NO5/c25-17(14-28-18-6-2-1-3-7-18)15-29-19-12-10-16(11-13-19)24-22(26)20-8-4-5-9-21(20)23(24)27/h4-5,8-13,17-18,25H,1-3,6-7,14-15H2/t17-/m1/s1. The van der Waals surface area contributed by atoms with Gasteiger partial charge in [-0.3, -0.25) is 9.59 Å². The minimum absolute atomic E-state index is 0.124. The SMILES string of the molecule is O=C1c2ccccc2C(=O)N1c1ccc(OC[C@H](O)COC2CCCCC2)cc1. The smallest absolute Gasteiger partial charge is 0.266 e. The zero-order valence-corrected chi connectivity index (χ0v) is 16.3. The number of nitrogens with zero attached hydrogens (tertiary/aromatic N) is 1. The molecular formula is C23H25NO5. The first-order valence-corrected chi connectivity index (χ1v) is 10.1. The Balaban J connectivity index is 1.30. The van der Waals surface area contributed by atoms with Gasteiger partial charge >= 0.3 is 0 Å². The maximum Gasteiger partial charge on any atom is 0.266 e. The number of aliphatic hydroxyl groups excluding tert-OH is 1. The summed E-state index contributed by atoms with van der Waals surface area (Å²) in [5.41, 5.74) is 1.32. The van der Waals surface area contributed by atoms with E-state index in [1.807, 2.05) is 0 Å². The van der Waals surface area contributed by atoms with Crippen LogP contribution in [0.2, 0.25) is 0 Å². The molecule has 0 bridgehead atoms. The van der Waals surface area contributed by atoms with Crippen LogP contribution in [0.4, 0.5) is 5.69 Å². The minimum Gasteiger partial charge on any atom is -0.491 e. The van der Waals surface area contributed by atoms with Crippen LogP contribution in [0.25, 0.3) is 0 Å². The number of anilines is 1. The van der Waals surface area contributed by atoms with Gasteiger partial charge in [0, 0.05) is 0 Å². The van der Waals surface area contributed by atoms with Gasteiger partial charge in [0.25, 0.3) is 11.8 Å². The van der Waals surface area contributed by atoms with Gasteiger partial charge in [0.2, 0.25) is 0 Å². The van der Waals surface area contributed by atoms with Crippen molar-refractivity contribution < 1.29 is 24.2 Å². The van der Waals surface area contributed by atoms with Gasteiger partial charge < -0.3 is 14.6 Å². The number of aliphatic hydroxyl groups is 1. The van der Waals surface area contributed by atoms with Gasteiger partial charge in [0.15, 0.2) is 0 Å². The molecule has 2 aliphatic rings. The molecule has 29 heavy (non-hydrogen) atoms. The van der Waals surface area contributed by atoms with E-state index in [0.29, 0.717) is 22.6 Å². The van der Waals surface area contributed by atoms with Gasteiger partial charge in [-0.25, -0.2) is 4.90 Å². The number of hydrogen-bond donors (Lipinski definition) is 1. The van der Waals surface area contributed by atoms with Crippen LogP contribution in [0, 0.1) is 0 Å². The van der Waals surface area contributed by atoms with Gasteiger partial charge in [-0.2, -0.15) is 0 Å². The van der Waals surface area contributed by atoms with Crippen LogP contribution in [0.1, 0.15) is 52.8 Å². The van der Waals surface area contributed by atoms with Crippen LogP contribution in [0.3, 0.4) is 0 Å². The summed E-state index contributed by atoms with van der Waals surface area (Å²) < 4.78 is 11.4. The summed E-state index contributed by atoms with van der Waals surface area (Å²) in [7, 11) is 0. The number of imide groups is 1. The number of rotatable bonds is 7. The van der Waals surface area contributed by atoms with Gasteiger partial charge in [-0.1, -0.05) is 31.4 Å². The first-order chi connectivity index (χ1) is 14.1. The molecule has 6 nitrogen and oxygen atoms in total. The Bertz CT molecular complexity index is 838. The van der Waals surface area contributed by atoms with Crippen LogP contribution >= 0.6 is 0 Å². The predicted octanol–water partition coefficient (Wildman–Crippen LogP) is 3.58. The molecular weight excluding hydrogens is 370 g/mol.